The van der Waals surface area contributed by atoms with Gasteiger partial charge in [0.2, 0.25) is 0 Å². The molecule has 3 aromatic heterocycles. The van der Waals surface area contributed by atoms with E-state index in [-0.39, 0.29) is 11.6 Å². The predicted octanol–water partition coefficient (Wildman–Crippen LogP) is 4.27. The molecule has 0 aliphatic heterocycles. The van der Waals surface area contributed by atoms with Gasteiger partial charge in [-0.15, -0.1) is 11.3 Å². The van der Waals surface area contributed by atoms with Crippen molar-refractivity contribution in [3.8, 4) is 16.4 Å². The number of ether oxygens (including phenoxy) is 1. The number of hydrogen-bond acceptors (Lipinski definition) is 7. The van der Waals surface area contributed by atoms with E-state index in [1.807, 2.05) is 35.7 Å². The number of oxazole rings is 1. The maximum Gasteiger partial charge on any atom is 0.280 e. The maximum atomic E-state index is 12.5. The Hall–Kier alpha value is -2.71. The first-order valence-corrected chi connectivity index (χ1v) is 8.67. The molecule has 24 heavy (non-hydrogen) atoms. The quantitative estimate of drug-likeness (QED) is 0.590. The minimum atomic E-state index is -0.349. The molecule has 0 saturated carbocycles. The standard InChI is InChI=1S/C16H11N3O3S2/c1-21-9-4-5-10-12(7-9)24-16(18-10)19-15(20)13-14(22-8-17-13)11-3-2-6-23-11/h2-8H,1H3,(H,18,19,20). The molecular formula is C16H11N3O3S2. The zero-order valence-electron chi connectivity index (χ0n) is 12.5. The van der Waals surface area contributed by atoms with Crippen LogP contribution in [0.5, 0.6) is 5.75 Å². The van der Waals surface area contributed by atoms with Crippen LogP contribution in [0.3, 0.4) is 0 Å². The van der Waals surface area contributed by atoms with Crippen LogP contribution in [0.15, 0.2) is 46.5 Å². The molecule has 3 heterocycles. The lowest BCUT2D eigenvalue weighted by Gasteiger charge is -1.99. The predicted molar refractivity (Wildman–Crippen MR) is 93.9 cm³/mol. The summed E-state index contributed by atoms with van der Waals surface area (Å²) < 4.78 is 11.5. The molecule has 0 saturated heterocycles. The number of aromatic nitrogens is 2. The number of carbonyl (C=O) groups excluding carboxylic acids is 1. The Kier molecular flexibility index (Phi) is 3.75. The van der Waals surface area contributed by atoms with E-state index < -0.39 is 0 Å². The first-order valence-electron chi connectivity index (χ1n) is 6.98. The van der Waals surface area contributed by atoms with Crippen molar-refractivity contribution >= 4 is 43.9 Å². The van der Waals surface area contributed by atoms with Crippen molar-refractivity contribution in [3.05, 3.63) is 47.8 Å². The van der Waals surface area contributed by atoms with Crippen molar-refractivity contribution in [3.63, 3.8) is 0 Å². The summed E-state index contributed by atoms with van der Waals surface area (Å²) in [6, 6.07) is 9.35. The summed E-state index contributed by atoms with van der Waals surface area (Å²) in [5.41, 5.74) is 1.05. The van der Waals surface area contributed by atoms with E-state index >= 15 is 0 Å². The van der Waals surface area contributed by atoms with E-state index in [4.69, 9.17) is 9.15 Å². The average Bonchev–Trinajstić information content (AvgIpc) is 3.32. The Morgan fingerprint density at radius 2 is 2.25 bits per heavy atom. The smallest absolute Gasteiger partial charge is 0.280 e. The third-order valence-corrected chi connectivity index (χ3v) is 5.15. The van der Waals surface area contributed by atoms with E-state index in [2.05, 4.69) is 15.3 Å². The second-order valence-electron chi connectivity index (χ2n) is 4.81. The molecule has 0 aliphatic rings. The number of nitrogens with zero attached hydrogens (tertiary/aromatic N) is 2. The Labute approximate surface area is 144 Å². The molecule has 0 fully saturated rings. The van der Waals surface area contributed by atoms with Gasteiger partial charge in [0.15, 0.2) is 23.0 Å². The fourth-order valence-corrected chi connectivity index (χ4v) is 3.83. The zero-order chi connectivity index (χ0) is 16.5. The van der Waals surface area contributed by atoms with Gasteiger partial charge in [0.1, 0.15) is 5.75 Å². The minimum absolute atomic E-state index is 0.245. The summed E-state index contributed by atoms with van der Waals surface area (Å²) >= 11 is 2.86. The largest absolute Gasteiger partial charge is 0.497 e. The first kappa shape index (κ1) is 14.9. The van der Waals surface area contributed by atoms with Crippen LogP contribution < -0.4 is 10.1 Å². The summed E-state index contributed by atoms with van der Waals surface area (Å²) in [6.07, 6.45) is 1.27. The molecule has 4 aromatic rings. The number of methoxy groups -OCH3 is 1. The van der Waals surface area contributed by atoms with Crippen LogP contribution >= 0.6 is 22.7 Å². The SMILES string of the molecule is COc1ccc2nc(NC(=O)c3ncoc3-c3cccs3)sc2c1. The number of benzene rings is 1. The third kappa shape index (κ3) is 2.66. The zero-order valence-corrected chi connectivity index (χ0v) is 14.1. The van der Waals surface area contributed by atoms with Gasteiger partial charge in [-0.05, 0) is 29.6 Å². The highest BCUT2D eigenvalue weighted by Gasteiger charge is 2.20. The van der Waals surface area contributed by atoms with Gasteiger partial charge in [-0.3, -0.25) is 10.1 Å². The summed E-state index contributed by atoms with van der Waals surface area (Å²) in [7, 11) is 1.61. The van der Waals surface area contributed by atoms with Crippen LogP contribution in [0.4, 0.5) is 5.13 Å². The number of amides is 1. The molecule has 4 rings (SSSR count). The fraction of sp³-hybridized carbons (Fsp3) is 0.0625. The van der Waals surface area contributed by atoms with Gasteiger partial charge in [0.25, 0.3) is 5.91 Å². The second-order valence-corrected chi connectivity index (χ2v) is 6.79. The Morgan fingerprint density at radius 3 is 3.04 bits per heavy atom. The van der Waals surface area contributed by atoms with Crippen molar-refractivity contribution in [2.45, 2.75) is 0 Å². The van der Waals surface area contributed by atoms with Gasteiger partial charge < -0.3 is 9.15 Å². The molecule has 8 heteroatoms. The Bertz CT molecular complexity index is 1000. The molecule has 1 amide bonds. The van der Waals surface area contributed by atoms with Gasteiger partial charge >= 0.3 is 0 Å². The summed E-state index contributed by atoms with van der Waals surface area (Å²) in [4.78, 5) is 21.8. The summed E-state index contributed by atoms with van der Waals surface area (Å²) in [5, 5.41) is 5.20. The molecular weight excluding hydrogens is 346 g/mol. The van der Waals surface area contributed by atoms with E-state index in [0.717, 1.165) is 20.8 Å². The highest BCUT2D eigenvalue weighted by atomic mass is 32.1. The fourth-order valence-electron chi connectivity index (χ4n) is 2.23. The normalized spacial score (nSPS) is 10.9. The van der Waals surface area contributed by atoms with E-state index in [9.17, 15) is 4.79 Å². The lowest BCUT2D eigenvalue weighted by Crippen LogP contribution is -2.12. The van der Waals surface area contributed by atoms with Crippen LogP contribution in [-0.4, -0.2) is 23.0 Å². The molecule has 0 unspecified atom stereocenters. The molecule has 0 atom stereocenters. The molecule has 0 aliphatic carbocycles. The molecule has 0 spiro atoms. The lowest BCUT2D eigenvalue weighted by atomic mass is 10.3. The highest BCUT2D eigenvalue weighted by Crippen LogP contribution is 2.31. The van der Waals surface area contributed by atoms with E-state index in [1.165, 1.54) is 29.1 Å². The van der Waals surface area contributed by atoms with Gasteiger partial charge in [0, 0.05) is 0 Å². The van der Waals surface area contributed by atoms with Crippen molar-refractivity contribution in [1.29, 1.82) is 0 Å². The number of fused-ring (bicyclic) bond motifs is 1. The summed E-state index contributed by atoms with van der Waals surface area (Å²) in [6.45, 7) is 0. The van der Waals surface area contributed by atoms with E-state index in [0.29, 0.717) is 10.9 Å². The molecule has 6 nitrogen and oxygen atoms in total. The number of anilines is 1. The highest BCUT2D eigenvalue weighted by molar-refractivity contribution is 7.22. The molecule has 0 bridgehead atoms. The topological polar surface area (TPSA) is 77.2 Å². The van der Waals surface area contributed by atoms with Crippen LogP contribution in [0.1, 0.15) is 10.5 Å². The molecule has 1 N–H and O–H groups in total. The van der Waals surface area contributed by atoms with Gasteiger partial charge in [-0.1, -0.05) is 17.4 Å². The monoisotopic (exact) mass is 357 g/mol. The average molecular weight is 357 g/mol. The van der Waals surface area contributed by atoms with Crippen LogP contribution in [-0.2, 0) is 0 Å². The first-order chi connectivity index (χ1) is 11.7. The van der Waals surface area contributed by atoms with Crippen molar-refractivity contribution < 1.29 is 13.9 Å². The molecule has 1 aromatic carbocycles. The van der Waals surface area contributed by atoms with Crippen molar-refractivity contribution in [2.24, 2.45) is 0 Å². The van der Waals surface area contributed by atoms with Crippen LogP contribution in [0.2, 0.25) is 0 Å². The number of carbonyl (C=O) groups is 1. The number of nitrogens with one attached hydrogen (secondary N) is 1. The van der Waals surface area contributed by atoms with Gasteiger partial charge in [0.05, 0.1) is 22.2 Å². The number of hydrogen-bond donors (Lipinski definition) is 1. The number of rotatable bonds is 4. The Balaban J connectivity index is 1.62. The minimum Gasteiger partial charge on any atom is -0.497 e. The van der Waals surface area contributed by atoms with Gasteiger partial charge in [-0.25, -0.2) is 9.97 Å². The van der Waals surface area contributed by atoms with E-state index in [1.54, 1.807) is 7.11 Å². The second kappa shape index (κ2) is 6.06. The van der Waals surface area contributed by atoms with Gasteiger partial charge in [-0.2, -0.15) is 0 Å². The van der Waals surface area contributed by atoms with Crippen LogP contribution in [0.25, 0.3) is 20.9 Å². The summed E-state index contributed by atoms with van der Waals surface area (Å²) in [5.74, 6) is 0.865. The number of thiophene rings is 1. The third-order valence-electron chi connectivity index (χ3n) is 3.34. The van der Waals surface area contributed by atoms with Crippen molar-refractivity contribution in [1.82, 2.24) is 9.97 Å². The molecule has 120 valence electrons. The molecule has 0 radical (unpaired) electrons. The van der Waals surface area contributed by atoms with Crippen LogP contribution in [0, 0.1) is 0 Å². The number of thiazole rings is 1. The lowest BCUT2D eigenvalue weighted by molar-refractivity contribution is 0.102. The maximum absolute atomic E-state index is 12.5. The van der Waals surface area contributed by atoms with Crippen molar-refractivity contribution in [2.75, 3.05) is 12.4 Å². The Morgan fingerprint density at radius 1 is 1.33 bits per heavy atom.